The molecule has 1 unspecified atom stereocenters. The number of thiophene rings is 1. The Morgan fingerprint density at radius 1 is 1.32 bits per heavy atom. The van der Waals surface area contributed by atoms with E-state index in [1.165, 1.54) is 10.1 Å². The maximum atomic E-state index is 13.0. The van der Waals surface area contributed by atoms with Gasteiger partial charge in [0.15, 0.2) is 0 Å². The highest BCUT2D eigenvalue weighted by molar-refractivity contribution is 7.17. The van der Waals surface area contributed by atoms with Gasteiger partial charge in [0.25, 0.3) is 0 Å². The van der Waals surface area contributed by atoms with E-state index in [2.05, 4.69) is 22.6 Å². The lowest BCUT2D eigenvalue weighted by Gasteiger charge is -2.24. The van der Waals surface area contributed by atoms with Crippen molar-refractivity contribution >= 4 is 27.3 Å². The molecule has 0 aliphatic carbocycles. The van der Waals surface area contributed by atoms with E-state index in [0.717, 1.165) is 11.3 Å². The second-order valence-corrected chi connectivity index (χ2v) is 7.20. The van der Waals surface area contributed by atoms with Crippen LogP contribution in [0.25, 0.3) is 10.1 Å². The molecule has 0 spiro atoms. The van der Waals surface area contributed by atoms with Crippen LogP contribution in [0.4, 0.5) is 0 Å². The second-order valence-electron chi connectivity index (χ2n) is 6.29. The molecule has 0 fully saturated rings. The number of ether oxygens (including phenoxy) is 1. The first-order chi connectivity index (χ1) is 12.2. The van der Waals surface area contributed by atoms with Crippen LogP contribution in [0.5, 0.6) is 0 Å². The van der Waals surface area contributed by atoms with Crippen LogP contribution in [0.1, 0.15) is 18.2 Å². The molecule has 0 saturated carbocycles. The van der Waals surface area contributed by atoms with Crippen LogP contribution in [0.15, 0.2) is 41.9 Å². The van der Waals surface area contributed by atoms with E-state index in [1.807, 2.05) is 34.7 Å². The molecule has 6 heteroatoms. The molecule has 1 aliphatic heterocycles. The summed E-state index contributed by atoms with van der Waals surface area (Å²) in [7, 11) is 0. The minimum atomic E-state index is -0.0191. The summed E-state index contributed by atoms with van der Waals surface area (Å²) >= 11 is 1.70. The summed E-state index contributed by atoms with van der Waals surface area (Å²) in [5.41, 5.74) is 2.17. The van der Waals surface area contributed by atoms with Crippen molar-refractivity contribution in [3.05, 3.63) is 53.2 Å². The number of rotatable bonds is 4. The van der Waals surface area contributed by atoms with Crippen molar-refractivity contribution in [2.45, 2.75) is 32.5 Å². The Morgan fingerprint density at radius 2 is 2.20 bits per heavy atom. The largest absolute Gasteiger partial charge is 0.375 e. The van der Waals surface area contributed by atoms with Gasteiger partial charge >= 0.3 is 0 Å². The highest BCUT2D eigenvalue weighted by Gasteiger charge is 2.26. The van der Waals surface area contributed by atoms with Gasteiger partial charge in [-0.05, 0) is 35.4 Å². The van der Waals surface area contributed by atoms with Gasteiger partial charge in [0.05, 0.1) is 31.3 Å². The minimum Gasteiger partial charge on any atom is -0.375 e. The third-order valence-corrected chi connectivity index (χ3v) is 5.63. The van der Waals surface area contributed by atoms with Crippen molar-refractivity contribution in [1.82, 2.24) is 14.7 Å². The maximum absolute atomic E-state index is 13.0. The van der Waals surface area contributed by atoms with Crippen molar-refractivity contribution < 1.29 is 9.53 Å². The molecule has 1 aliphatic rings. The number of carbonyl (C=O) groups excluding carboxylic acids is 1. The Morgan fingerprint density at radius 3 is 3.08 bits per heavy atom. The van der Waals surface area contributed by atoms with E-state index in [0.29, 0.717) is 32.7 Å². The van der Waals surface area contributed by atoms with Crippen molar-refractivity contribution in [2.75, 3.05) is 13.2 Å². The average molecular weight is 355 g/mol. The topological polar surface area (TPSA) is 47.4 Å². The van der Waals surface area contributed by atoms with Gasteiger partial charge in [-0.15, -0.1) is 11.3 Å². The molecule has 5 nitrogen and oxygen atoms in total. The smallest absolute Gasteiger partial charge is 0.227 e. The highest BCUT2D eigenvalue weighted by Crippen LogP contribution is 2.26. The third kappa shape index (κ3) is 3.32. The summed E-state index contributed by atoms with van der Waals surface area (Å²) in [6.07, 6.45) is 2.20. The predicted molar refractivity (Wildman–Crippen MR) is 98.6 cm³/mol. The van der Waals surface area contributed by atoms with Crippen LogP contribution in [-0.4, -0.2) is 39.8 Å². The van der Waals surface area contributed by atoms with Crippen molar-refractivity contribution in [3.63, 3.8) is 0 Å². The summed E-state index contributed by atoms with van der Waals surface area (Å²) in [6.45, 7) is 4.51. The van der Waals surface area contributed by atoms with Gasteiger partial charge < -0.3 is 9.64 Å². The van der Waals surface area contributed by atoms with Crippen LogP contribution in [-0.2, 0) is 29.0 Å². The lowest BCUT2D eigenvalue weighted by atomic mass is 10.1. The van der Waals surface area contributed by atoms with Crippen LogP contribution in [0.3, 0.4) is 0 Å². The molecule has 3 heterocycles. The fraction of sp³-hybridized carbons (Fsp3) is 0.368. The lowest BCUT2D eigenvalue weighted by molar-refractivity contribution is -0.132. The molecule has 4 rings (SSSR count). The number of carbonyl (C=O) groups is 1. The minimum absolute atomic E-state index is 0.0191. The predicted octanol–water partition coefficient (Wildman–Crippen LogP) is 3.09. The monoisotopic (exact) mass is 355 g/mol. The van der Waals surface area contributed by atoms with Crippen LogP contribution in [0.2, 0.25) is 0 Å². The molecule has 0 N–H and O–H groups in total. The quantitative estimate of drug-likeness (QED) is 0.722. The molecular weight excluding hydrogens is 334 g/mol. The summed E-state index contributed by atoms with van der Waals surface area (Å²) in [5, 5.41) is 7.64. The maximum Gasteiger partial charge on any atom is 0.227 e. The molecule has 0 radical (unpaired) electrons. The number of aromatic nitrogens is 2. The molecule has 1 aromatic carbocycles. The number of amides is 1. The van der Waals surface area contributed by atoms with E-state index < -0.39 is 0 Å². The molecule has 0 saturated heterocycles. The molecule has 130 valence electrons. The van der Waals surface area contributed by atoms with Crippen molar-refractivity contribution in [3.8, 4) is 0 Å². The summed E-state index contributed by atoms with van der Waals surface area (Å²) < 4.78 is 9.00. The first-order valence-electron chi connectivity index (χ1n) is 8.59. The van der Waals surface area contributed by atoms with Gasteiger partial charge in [0, 0.05) is 24.0 Å². The van der Waals surface area contributed by atoms with Crippen LogP contribution in [0, 0.1) is 0 Å². The van der Waals surface area contributed by atoms with Gasteiger partial charge in [0.2, 0.25) is 5.91 Å². The lowest BCUT2D eigenvalue weighted by Crippen LogP contribution is -2.38. The highest BCUT2D eigenvalue weighted by atomic mass is 32.1. The zero-order chi connectivity index (χ0) is 17.2. The SMILES string of the molecule is CCOC1CN(C(=O)Cc2csc3ccccc23)Cc2ccnn2C1. The van der Waals surface area contributed by atoms with E-state index >= 15 is 0 Å². The van der Waals surface area contributed by atoms with Gasteiger partial charge in [-0.2, -0.15) is 5.10 Å². The van der Waals surface area contributed by atoms with Crippen LogP contribution >= 0.6 is 11.3 Å². The molecule has 25 heavy (non-hydrogen) atoms. The Bertz CT molecular complexity index is 886. The number of benzene rings is 1. The van der Waals surface area contributed by atoms with E-state index in [4.69, 9.17) is 4.74 Å². The molecule has 1 amide bonds. The molecule has 3 aromatic rings. The van der Waals surface area contributed by atoms with E-state index in [-0.39, 0.29) is 12.0 Å². The Balaban J connectivity index is 1.56. The standard InChI is InChI=1S/C19H21N3O2S/c1-2-24-16-11-21(10-15-7-8-20-22(15)12-16)19(23)9-14-13-25-18-6-4-3-5-17(14)18/h3-8,13,16H,2,9-12H2,1H3. The molecule has 0 bridgehead atoms. The van der Waals surface area contributed by atoms with Gasteiger partial charge in [-0.25, -0.2) is 0 Å². The van der Waals surface area contributed by atoms with Crippen molar-refractivity contribution in [2.24, 2.45) is 0 Å². The zero-order valence-electron chi connectivity index (χ0n) is 14.2. The Labute approximate surface area is 150 Å². The normalized spacial score (nSPS) is 17.5. The summed E-state index contributed by atoms with van der Waals surface area (Å²) in [4.78, 5) is 14.9. The number of hydrogen-bond donors (Lipinski definition) is 0. The van der Waals surface area contributed by atoms with E-state index in [1.54, 1.807) is 17.5 Å². The van der Waals surface area contributed by atoms with E-state index in [9.17, 15) is 4.79 Å². The van der Waals surface area contributed by atoms with Gasteiger partial charge in [0.1, 0.15) is 0 Å². The molecule has 1 atom stereocenters. The first kappa shape index (κ1) is 16.3. The first-order valence-corrected chi connectivity index (χ1v) is 9.47. The molecular formula is C19H21N3O2S. The fourth-order valence-corrected chi connectivity index (χ4v) is 4.35. The van der Waals surface area contributed by atoms with Crippen LogP contribution < -0.4 is 0 Å². The van der Waals surface area contributed by atoms with Gasteiger partial charge in [-0.3, -0.25) is 9.48 Å². The number of nitrogens with zero attached hydrogens (tertiary/aromatic N) is 3. The fourth-order valence-electron chi connectivity index (χ4n) is 3.39. The third-order valence-electron chi connectivity index (χ3n) is 4.62. The second kappa shape index (κ2) is 6.98. The number of fused-ring (bicyclic) bond motifs is 2. The van der Waals surface area contributed by atoms with Gasteiger partial charge in [-0.1, -0.05) is 18.2 Å². The number of hydrogen-bond acceptors (Lipinski definition) is 4. The Hall–Kier alpha value is -2.18. The molecule has 2 aromatic heterocycles. The van der Waals surface area contributed by atoms with Crippen molar-refractivity contribution in [1.29, 1.82) is 0 Å². The summed E-state index contributed by atoms with van der Waals surface area (Å²) in [5.74, 6) is 0.142. The summed E-state index contributed by atoms with van der Waals surface area (Å²) in [6, 6.07) is 10.2. The Kier molecular flexibility index (Phi) is 4.55. The zero-order valence-corrected chi connectivity index (χ0v) is 15.0. The average Bonchev–Trinajstić information content (AvgIpc) is 3.18.